The van der Waals surface area contributed by atoms with Crippen LogP contribution < -0.4 is 10.1 Å². The van der Waals surface area contributed by atoms with Gasteiger partial charge in [-0.3, -0.25) is 14.3 Å². The molecule has 2 amide bonds. The van der Waals surface area contributed by atoms with Crippen molar-refractivity contribution in [2.45, 2.75) is 20.1 Å². The number of anilines is 1. The Labute approximate surface area is 176 Å². The maximum Gasteiger partial charge on any atom is 0.291 e. The van der Waals surface area contributed by atoms with E-state index in [1.54, 1.807) is 26.2 Å². The van der Waals surface area contributed by atoms with Crippen molar-refractivity contribution in [2.75, 3.05) is 19.4 Å². The van der Waals surface area contributed by atoms with Crippen LogP contribution in [-0.2, 0) is 13.2 Å². The number of ether oxygens (including phenoxy) is 1. The molecule has 0 aliphatic heterocycles. The number of para-hydroxylation sites is 1. The molecule has 29 heavy (non-hydrogen) atoms. The van der Waals surface area contributed by atoms with Crippen molar-refractivity contribution in [3.63, 3.8) is 0 Å². The fourth-order valence-corrected chi connectivity index (χ4v) is 3.03. The summed E-state index contributed by atoms with van der Waals surface area (Å²) in [6.45, 7) is 2.55. The van der Waals surface area contributed by atoms with Gasteiger partial charge in [-0.15, -0.1) is 0 Å². The van der Waals surface area contributed by atoms with Crippen LogP contribution in [0, 0.1) is 0 Å². The third-order valence-electron chi connectivity index (χ3n) is 4.09. The Hall–Kier alpha value is -3.07. The molecular weight excluding hydrogens is 440 g/mol. The molecule has 1 N–H and O–H groups in total. The van der Waals surface area contributed by atoms with Crippen LogP contribution >= 0.6 is 15.9 Å². The standard InChI is InChI=1S/C20H21BrN4O4/c1-4-25-18(20(27)24(2)3)15(11-22-25)23-19(26)17-10-9-13(29-17)12-28-16-8-6-5-7-14(16)21/h5-11H,4,12H2,1-3H3,(H,23,26). The average Bonchev–Trinajstić information content (AvgIpc) is 3.33. The molecule has 2 heterocycles. The zero-order valence-corrected chi connectivity index (χ0v) is 17.9. The van der Waals surface area contributed by atoms with Gasteiger partial charge >= 0.3 is 0 Å². The van der Waals surface area contributed by atoms with E-state index >= 15 is 0 Å². The van der Waals surface area contributed by atoms with Crippen LogP contribution in [0.25, 0.3) is 0 Å². The fourth-order valence-electron chi connectivity index (χ4n) is 2.63. The van der Waals surface area contributed by atoms with E-state index in [4.69, 9.17) is 9.15 Å². The quantitative estimate of drug-likeness (QED) is 0.579. The van der Waals surface area contributed by atoms with Crippen LogP contribution in [-0.4, -0.2) is 40.6 Å². The molecule has 3 aromatic rings. The van der Waals surface area contributed by atoms with Crippen molar-refractivity contribution in [1.29, 1.82) is 0 Å². The lowest BCUT2D eigenvalue weighted by Crippen LogP contribution is -2.26. The summed E-state index contributed by atoms with van der Waals surface area (Å²) in [7, 11) is 3.29. The first-order valence-electron chi connectivity index (χ1n) is 8.95. The monoisotopic (exact) mass is 460 g/mol. The number of benzene rings is 1. The first-order chi connectivity index (χ1) is 13.9. The Balaban J connectivity index is 1.70. The Bertz CT molecular complexity index is 1030. The van der Waals surface area contributed by atoms with E-state index in [1.807, 2.05) is 31.2 Å². The minimum Gasteiger partial charge on any atom is -0.484 e. The number of halogens is 1. The highest BCUT2D eigenvalue weighted by Crippen LogP contribution is 2.25. The molecule has 0 saturated heterocycles. The predicted molar refractivity (Wildman–Crippen MR) is 111 cm³/mol. The molecule has 152 valence electrons. The second kappa shape index (κ2) is 8.95. The predicted octanol–water partition coefficient (Wildman–Crippen LogP) is 3.79. The SMILES string of the molecule is CCn1ncc(NC(=O)c2ccc(COc3ccccc3Br)o2)c1C(=O)N(C)C. The second-order valence-electron chi connectivity index (χ2n) is 6.36. The van der Waals surface area contributed by atoms with Gasteiger partial charge in [0, 0.05) is 20.6 Å². The van der Waals surface area contributed by atoms with Crippen molar-refractivity contribution in [3.05, 3.63) is 64.3 Å². The van der Waals surface area contributed by atoms with E-state index in [-0.39, 0.29) is 18.3 Å². The first-order valence-corrected chi connectivity index (χ1v) is 9.74. The normalized spacial score (nSPS) is 10.6. The summed E-state index contributed by atoms with van der Waals surface area (Å²) in [4.78, 5) is 26.5. The number of furan rings is 1. The molecule has 0 aliphatic rings. The third-order valence-corrected chi connectivity index (χ3v) is 4.74. The van der Waals surface area contributed by atoms with Crippen LogP contribution in [0.5, 0.6) is 5.75 Å². The Kier molecular flexibility index (Phi) is 6.38. The van der Waals surface area contributed by atoms with Gasteiger partial charge in [0.1, 0.15) is 23.8 Å². The van der Waals surface area contributed by atoms with Crippen molar-refractivity contribution in [3.8, 4) is 5.75 Å². The van der Waals surface area contributed by atoms with Gasteiger partial charge in [-0.05, 0) is 47.1 Å². The van der Waals surface area contributed by atoms with E-state index in [0.717, 1.165) is 4.47 Å². The lowest BCUT2D eigenvalue weighted by Gasteiger charge is -2.13. The molecule has 9 heteroatoms. The van der Waals surface area contributed by atoms with Gasteiger partial charge in [0.25, 0.3) is 11.8 Å². The van der Waals surface area contributed by atoms with Gasteiger partial charge in [-0.2, -0.15) is 5.10 Å². The summed E-state index contributed by atoms with van der Waals surface area (Å²) in [6, 6.07) is 10.7. The highest BCUT2D eigenvalue weighted by Gasteiger charge is 2.22. The van der Waals surface area contributed by atoms with Crippen molar-refractivity contribution < 1.29 is 18.7 Å². The number of amides is 2. The number of aromatic nitrogens is 2. The number of carbonyl (C=O) groups is 2. The summed E-state index contributed by atoms with van der Waals surface area (Å²) in [6.07, 6.45) is 1.46. The van der Waals surface area contributed by atoms with Gasteiger partial charge in [0.15, 0.2) is 5.76 Å². The van der Waals surface area contributed by atoms with E-state index < -0.39 is 5.91 Å². The molecule has 0 atom stereocenters. The van der Waals surface area contributed by atoms with E-state index in [9.17, 15) is 9.59 Å². The number of hydrogen-bond donors (Lipinski definition) is 1. The number of hydrogen-bond acceptors (Lipinski definition) is 5. The second-order valence-corrected chi connectivity index (χ2v) is 7.22. The lowest BCUT2D eigenvalue weighted by molar-refractivity contribution is 0.0816. The maximum atomic E-state index is 12.6. The maximum absolute atomic E-state index is 12.6. The number of carbonyl (C=O) groups excluding carboxylic acids is 2. The van der Waals surface area contributed by atoms with Crippen molar-refractivity contribution in [1.82, 2.24) is 14.7 Å². The molecule has 0 bridgehead atoms. The molecule has 2 aromatic heterocycles. The molecule has 8 nitrogen and oxygen atoms in total. The number of nitrogens with zero attached hydrogens (tertiary/aromatic N) is 3. The van der Waals surface area contributed by atoms with Crippen molar-refractivity contribution in [2.24, 2.45) is 0 Å². The summed E-state index contributed by atoms with van der Waals surface area (Å²) >= 11 is 3.41. The molecule has 3 rings (SSSR count). The summed E-state index contributed by atoms with van der Waals surface area (Å²) in [5.41, 5.74) is 0.646. The van der Waals surface area contributed by atoms with Gasteiger partial charge < -0.3 is 19.4 Å². The lowest BCUT2D eigenvalue weighted by atomic mass is 10.3. The summed E-state index contributed by atoms with van der Waals surface area (Å²) < 4.78 is 13.6. The zero-order chi connectivity index (χ0) is 21.0. The Morgan fingerprint density at radius 1 is 1.24 bits per heavy atom. The minimum absolute atomic E-state index is 0.114. The topological polar surface area (TPSA) is 89.6 Å². The van der Waals surface area contributed by atoms with E-state index in [2.05, 4.69) is 26.3 Å². The molecule has 0 fully saturated rings. The first kappa shape index (κ1) is 20.7. The fraction of sp³-hybridized carbons (Fsp3) is 0.250. The Morgan fingerprint density at radius 2 is 2.00 bits per heavy atom. The third kappa shape index (κ3) is 4.68. The molecule has 0 radical (unpaired) electrons. The zero-order valence-electron chi connectivity index (χ0n) is 16.3. The molecular formula is C20H21BrN4O4. The van der Waals surface area contributed by atoms with E-state index in [1.165, 1.54) is 15.8 Å². The molecule has 0 unspecified atom stereocenters. The highest BCUT2D eigenvalue weighted by molar-refractivity contribution is 9.10. The van der Waals surface area contributed by atoms with Crippen LogP contribution in [0.1, 0.15) is 33.7 Å². The number of rotatable bonds is 7. The van der Waals surface area contributed by atoms with Gasteiger partial charge in [0.05, 0.1) is 16.4 Å². The van der Waals surface area contributed by atoms with Crippen LogP contribution in [0.2, 0.25) is 0 Å². The molecule has 0 aliphatic carbocycles. The number of nitrogens with one attached hydrogen (secondary N) is 1. The molecule has 0 spiro atoms. The van der Waals surface area contributed by atoms with Crippen molar-refractivity contribution >= 4 is 33.4 Å². The summed E-state index contributed by atoms with van der Waals surface area (Å²) in [5.74, 6) is 0.568. The molecule has 0 saturated carbocycles. The summed E-state index contributed by atoms with van der Waals surface area (Å²) in [5, 5.41) is 6.86. The molecule has 1 aromatic carbocycles. The number of aryl methyl sites for hydroxylation is 1. The minimum atomic E-state index is -0.472. The Morgan fingerprint density at radius 3 is 2.69 bits per heavy atom. The highest BCUT2D eigenvalue weighted by atomic mass is 79.9. The van der Waals surface area contributed by atoms with Crippen LogP contribution in [0.15, 0.2) is 51.5 Å². The largest absolute Gasteiger partial charge is 0.484 e. The van der Waals surface area contributed by atoms with E-state index in [0.29, 0.717) is 29.4 Å². The van der Waals surface area contributed by atoms with Crippen LogP contribution in [0.3, 0.4) is 0 Å². The van der Waals surface area contributed by atoms with Gasteiger partial charge in [-0.25, -0.2) is 0 Å². The van der Waals surface area contributed by atoms with Gasteiger partial charge in [0.2, 0.25) is 0 Å². The smallest absolute Gasteiger partial charge is 0.291 e. The average molecular weight is 461 g/mol. The van der Waals surface area contributed by atoms with Crippen LogP contribution in [0.4, 0.5) is 5.69 Å². The van der Waals surface area contributed by atoms with Gasteiger partial charge in [-0.1, -0.05) is 12.1 Å².